The van der Waals surface area contributed by atoms with E-state index in [2.05, 4.69) is 0 Å². The molecule has 0 amide bonds. The van der Waals surface area contributed by atoms with Gasteiger partial charge in [-0.2, -0.15) is 4.89 Å². The second kappa shape index (κ2) is 7.72. The van der Waals surface area contributed by atoms with Crippen molar-refractivity contribution in [2.75, 3.05) is 0 Å². The quantitative estimate of drug-likeness (QED) is 0.342. The van der Waals surface area contributed by atoms with Gasteiger partial charge in [-0.15, -0.1) is 0 Å². The highest BCUT2D eigenvalue weighted by atomic mass is 17.2. The molecular weight excluding hydrogens is 322 g/mol. The van der Waals surface area contributed by atoms with Crippen LogP contribution in [0.2, 0.25) is 0 Å². The van der Waals surface area contributed by atoms with Gasteiger partial charge in [-0.05, 0) is 38.0 Å². The van der Waals surface area contributed by atoms with Gasteiger partial charge in [-0.1, -0.05) is 48.6 Å². The summed E-state index contributed by atoms with van der Waals surface area (Å²) in [6, 6.07) is 13.8. The molecule has 6 heteroatoms. The molecule has 0 atom stereocenters. The number of hydrogen-bond acceptors (Lipinski definition) is 5. The molecule has 0 aromatic heterocycles. The second-order valence-corrected chi connectivity index (χ2v) is 6.34. The maximum atomic E-state index is 12.0. The van der Waals surface area contributed by atoms with Gasteiger partial charge in [0.15, 0.2) is 0 Å². The number of benzene rings is 2. The van der Waals surface area contributed by atoms with Crippen molar-refractivity contribution in [2.24, 2.45) is 0 Å². The molecule has 0 aliphatic carbocycles. The number of nitrogens with zero attached hydrogens (tertiary/aromatic N) is 1. The van der Waals surface area contributed by atoms with Crippen LogP contribution in [0, 0.1) is 10.1 Å². The van der Waals surface area contributed by atoms with Crippen molar-refractivity contribution >= 4 is 23.8 Å². The Morgan fingerprint density at radius 1 is 1.04 bits per heavy atom. The molecule has 0 aliphatic rings. The molecule has 6 nitrogen and oxygen atoms in total. The van der Waals surface area contributed by atoms with Crippen molar-refractivity contribution in [1.29, 1.82) is 0 Å². The van der Waals surface area contributed by atoms with E-state index in [1.807, 2.05) is 36.4 Å². The smallest absolute Gasteiger partial charge is 0.292 e. The van der Waals surface area contributed by atoms with E-state index < -0.39 is 16.5 Å². The molecule has 0 saturated heterocycles. The summed E-state index contributed by atoms with van der Waals surface area (Å²) >= 11 is 0. The number of nitro benzene ring substituents is 1. The van der Waals surface area contributed by atoms with Crippen LogP contribution in [-0.2, 0) is 9.78 Å². The molecule has 0 aliphatic heterocycles. The summed E-state index contributed by atoms with van der Waals surface area (Å²) in [5.41, 5.74) is 0.364. The first-order chi connectivity index (χ1) is 11.8. The summed E-state index contributed by atoms with van der Waals surface area (Å²) in [5.74, 6) is -0.903. The fourth-order valence-corrected chi connectivity index (χ4v) is 1.94. The summed E-state index contributed by atoms with van der Waals surface area (Å²) < 4.78 is 0. The van der Waals surface area contributed by atoms with Gasteiger partial charge in [0.2, 0.25) is 0 Å². The van der Waals surface area contributed by atoms with E-state index in [0.29, 0.717) is 5.56 Å². The molecule has 2 aromatic rings. The van der Waals surface area contributed by atoms with E-state index in [-0.39, 0.29) is 11.3 Å². The van der Waals surface area contributed by atoms with E-state index in [1.165, 1.54) is 12.1 Å². The average Bonchev–Trinajstić information content (AvgIpc) is 2.58. The lowest BCUT2D eigenvalue weighted by molar-refractivity contribution is -0.385. The van der Waals surface area contributed by atoms with Crippen LogP contribution in [-0.4, -0.2) is 16.5 Å². The number of nitro groups is 1. The topological polar surface area (TPSA) is 78.7 Å². The molecule has 0 bridgehead atoms. The Morgan fingerprint density at radius 3 is 2.28 bits per heavy atom. The van der Waals surface area contributed by atoms with E-state index in [4.69, 9.17) is 9.78 Å². The van der Waals surface area contributed by atoms with Crippen LogP contribution < -0.4 is 0 Å². The summed E-state index contributed by atoms with van der Waals surface area (Å²) in [5, 5.41) is 11.3. The maximum absolute atomic E-state index is 12.0. The Morgan fingerprint density at radius 2 is 1.68 bits per heavy atom. The van der Waals surface area contributed by atoms with Crippen LogP contribution in [0.25, 0.3) is 12.2 Å². The first-order valence-electron chi connectivity index (χ1n) is 7.68. The van der Waals surface area contributed by atoms with Gasteiger partial charge in [0, 0.05) is 6.07 Å². The Kier molecular flexibility index (Phi) is 5.67. The Labute approximate surface area is 145 Å². The van der Waals surface area contributed by atoms with Gasteiger partial charge < -0.3 is 0 Å². The Bertz CT molecular complexity index is 791. The molecular formula is C19H19NO5. The fraction of sp³-hybridized carbons (Fsp3) is 0.211. The highest BCUT2D eigenvalue weighted by Crippen LogP contribution is 2.23. The zero-order chi connectivity index (χ0) is 18.4. The third kappa shape index (κ3) is 5.54. The van der Waals surface area contributed by atoms with Crippen LogP contribution in [0.3, 0.4) is 0 Å². The minimum Gasteiger partial charge on any atom is -0.292 e. The van der Waals surface area contributed by atoms with E-state index in [9.17, 15) is 14.9 Å². The monoisotopic (exact) mass is 341 g/mol. The predicted octanol–water partition coefficient (Wildman–Crippen LogP) is 4.65. The maximum Gasteiger partial charge on any atom is 0.380 e. The molecule has 0 saturated carbocycles. The van der Waals surface area contributed by atoms with Crippen LogP contribution in [0.1, 0.15) is 42.3 Å². The van der Waals surface area contributed by atoms with E-state index in [0.717, 1.165) is 5.56 Å². The molecule has 0 N–H and O–H groups in total. The zero-order valence-electron chi connectivity index (χ0n) is 14.3. The van der Waals surface area contributed by atoms with Crippen molar-refractivity contribution in [3.63, 3.8) is 0 Å². The summed E-state index contributed by atoms with van der Waals surface area (Å²) in [4.78, 5) is 32.3. The molecule has 0 fully saturated rings. The second-order valence-electron chi connectivity index (χ2n) is 6.34. The molecule has 0 heterocycles. The summed E-state index contributed by atoms with van der Waals surface area (Å²) in [6.45, 7) is 5.10. The van der Waals surface area contributed by atoms with Crippen molar-refractivity contribution < 1.29 is 19.5 Å². The van der Waals surface area contributed by atoms with Crippen LogP contribution >= 0.6 is 0 Å². The molecule has 0 radical (unpaired) electrons. The van der Waals surface area contributed by atoms with Crippen molar-refractivity contribution in [2.45, 2.75) is 26.4 Å². The van der Waals surface area contributed by atoms with Gasteiger partial charge in [0.25, 0.3) is 5.69 Å². The van der Waals surface area contributed by atoms with Gasteiger partial charge in [-0.3, -0.25) is 15.0 Å². The zero-order valence-corrected chi connectivity index (χ0v) is 14.3. The lowest BCUT2D eigenvalue weighted by Gasteiger charge is -2.16. The van der Waals surface area contributed by atoms with Gasteiger partial charge in [0.1, 0.15) is 11.2 Å². The minimum atomic E-state index is -0.903. The number of hydrogen-bond donors (Lipinski definition) is 0. The lowest BCUT2D eigenvalue weighted by Crippen LogP contribution is -2.22. The summed E-state index contributed by atoms with van der Waals surface area (Å²) in [7, 11) is 0. The van der Waals surface area contributed by atoms with E-state index in [1.54, 1.807) is 32.9 Å². The Hall–Kier alpha value is -2.99. The van der Waals surface area contributed by atoms with Gasteiger partial charge >= 0.3 is 5.97 Å². The summed E-state index contributed by atoms with van der Waals surface area (Å²) in [6.07, 6.45) is 3.57. The third-order valence-corrected chi connectivity index (χ3v) is 3.07. The standard InChI is InChI=1S/C19H19NO5/c1-19(2,3)25-24-18(21)16-12-11-15(13-17(16)20(22)23)10-9-14-7-5-4-6-8-14/h4-13H,1-3H3/b10-9+. The molecule has 130 valence electrons. The molecule has 25 heavy (non-hydrogen) atoms. The first kappa shape index (κ1) is 18.4. The minimum absolute atomic E-state index is 0.161. The average molecular weight is 341 g/mol. The molecule has 0 unspecified atom stereocenters. The lowest BCUT2D eigenvalue weighted by atomic mass is 10.1. The number of carbonyl (C=O) groups excluding carboxylic acids is 1. The normalized spacial score (nSPS) is 11.5. The van der Waals surface area contributed by atoms with Crippen LogP contribution in [0.4, 0.5) is 5.69 Å². The van der Waals surface area contributed by atoms with Crippen molar-refractivity contribution in [1.82, 2.24) is 0 Å². The molecule has 0 spiro atoms. The number of carbonyl (C=O) groups is 1. The first-order valence-corrected chi connectivity index (χ1v) is 7.68. The molecule has 2 aromatic carbocycles. The number of rotatable bonds is 5. The van der Waals surface area contributed by atoms with Gasteiger partial charge in [-0.25, -0.2) is 4.79 Å². The Balaban J connectivity index is 2.24. The highest BCUT2D eigenvalue weighted by molar-refractivity contribution is 5.94. The van der Waals surface area contributed by atoms with Crippen molar-refractivity contribution in [3.8, 4) is 0 Å². The van der Waals surface area contributed by atoms with Crippen molar-refractivity contribution in [3.05, 3.63) is 75.3 Å². The van der Waals surface area contributed by atoms with E-state index >= 15 is 0 Å². The van der Waals surface area contributed by atoms with Crippen LogP contribution in [0.5, 0.6) is 0 Å². The largest absolute Gasteiger partial charge is 0.380 e. The molecule has 2 rings (SSSR count). The van der Waals surface area contributed by atoms with Gasteiger partial charge in [0.05, 0.1) is 4.92 Å². The highest BCUT2D eigenvalue weighted by Gasteiger charge is 2.24. The predicted molar refractivity (Wildman–Crippen MR) is 94.7 cm³/mol. The third-order valence-electron chi connectivity index (χ3n) is 3.07. The van der Waals surface area contributed by atoms with Crippen LogP contribution in [0.15, 0.2) is 48.5 Å². The SMILES string of the molecule is CC(C)(C)OOC(=O)c1ccc(/C=C/c2ccccc2)cc1[N+](=O)[O-]. The fourth-order valence-electron chi connectivity index (χ4n) is 1.94.